The van der Waals surface area contributed by atoms with E-state index in [9.17, 15) is 0 Å². The van der Waals surface area contributed by atoms with Crippen LogP contribution in [0.25, 0.3) is 0 Å². The highest BCUT2D eigenvalue weighted by Gasteiger charge is 2.11. The highest BCUT2D eigenvalue weighted by atomic mass is 32.1. The monoisotopic (exact) mass is 180 g/mol. The van der Waals surface area contributed by atoms with Crippen LogP contribution in [0.1, 0.15) is 17.4 Å². The Balaban J connectivity index is 2.27. The molecule has 62 valence electrons. The van der Waals surface area contributed by atoms with Gasteiger partial charge in [0, 0.05) is 11.9 Å². The molecule has 0 fully saturated rings. The van der Waals surface area contributed by atoms with Gasteiger partial charge in [-0.3, -0.25) is 0 Å². The van der Waals surface area contributed by atoms with Crippen LogP contribution >= 0.6 is 11.7 Å². The molecule has 0 radical (unpaired) electrons. The minimum Gasteiger partial charge on any atom is -0.363 e. The van der Waals surface area contributed by atoms with E-state index < -0.39 is 0 Å². The topological polar surface area (TPSA) is 67.6 Å². The maximum atomic E-state index is 5.88. The van der Waals surface area contributed by atoms with Crippen LogP contribution in [0, 0.1) is 0 Å². The molecule has 2 rings (SSSR count). The number of H-pyrrole nitrogens is 1. The Hall–Kier alpha value is -1.20. The van der Waals surface area contributed by atoms with Crippen molar-refractivity contribution in [2.24, 2.45) is 5.73 Å². The molecule has 12 heavy (non-hydrogen) atoms. The van der Waals surface area contributed by atoms with E-state index in [-0.39, 0.29) is 6.04 Å². The Morgan fingerprint density at radius 1 is 1.58 bits per heavy atom. The van der Waals surface area contributed by atoms with E-state index in [1.54, 1.807) is 6.20 Å². The van der Waals surface area contributed by atoms with Crippen LogP contribution in [0.2, 0.25) is 0 Å². The molecule has 0 aliphatic heterocycles. The van der Waals surface area contributed by atoms with Gasteiger partial charge in [0.1, 0.15) is 0 Å². The largest absolute Gasteiger partial charge is 0.363 e. The summed E-state index contributed by atoms with van der Waals surface area (Å²) in [4.78, 5) is 3.04. The highest BCUT2D eigenvalue weighted by Crippen LogP contribution is 2.15. The molecule has 3 N–H and O–H groups in total. The molecule has 4 nitrogen and oxygen atoms in total. The van der Waals surface area contributed by atoms with Crippen LogP contribution < -0.4 is 5.73 Å². The second kappa shape index (κ2) is 3.04. The summed E-state index contributed by atoms with van der Waals surface area (Å²) in [6.07, 6.45) is 3.53. The average Bonchev–Trinajstić information content (AvgIpc) is 2.77. The van der Waals surface area contributed by atoms with Crippen molar-refractivity contribution in [2.45, 2.75) is 6.04 Å². The molecule has 0 amide bonds. The minimum absolute atomic E-state index is 0.182. The Bertz CT molecular complexity index is 292. The first-order chi connectivity index (χ1) is 5.88. The predicted octanol–water partition coefficient (Wildman–Crippen LogP) is 0.914. The maximum absolute atomic E-state index is 5.88. The summed E-state index contributed by atoms with van der Waals surface area (Å²) in [5.41, 5.74) is 7.65. The van der Waals surface area contributed by atoms with E-state index in [1.165, 1.54) is 11.7 Å². The minimum atomic E-state index is -0.182. The number of hydrogen-bond donors (Lipinski definition) is 2. The fraction of sp³-hybridized carbons (Fsp3) is 0.143. The van der Waals surface area contributed by atoms with Crippen LogP contribution in [0.3, 0.4) is 0 Å². The SMILES string of the molecule is NC(c1cnsn1)c1ccc[nH]1. The predicted molar refractivity (Wildman–Crippen MR) is 46.7 cm³/mol. The first kappa shape index (κ1) is 7.45. The molecule has 0 aliphatic rings. The Morgan fingerprint density at radius 3 is 3.08 bits per heavy atom. The molecule has 5 heteroatoms. The molecule has 0 saturated carbocycles. The quantitative estimate of drug-likeness (QED) is 0.722. The molecule has 2 heterocycles. The van der Waals surface area contributed by atoms with Crippen molar-refractivity contribution in [1.82, 2.24) is 13.7 Å². The average molecular weight is 180 g/mol. The van der Waals surface area contributed by atoms with Crippen molar-refractivity contribution in [3.63, 3.8) is 0 Å². The van der Waals surface area contributed by atoms with Crippen molar-refractivity contribution < 1.29 is 0 Å². The van der Waals surface area contributed by atoms with Crippen molar-refractivity contribution in [3.05, 3.63) is 35.9 Å². The lowest BCUT2D eigenvalue weighted by atomic mass is 10.2. The second-order valence-electron chi connectivity index (χ2n) is 2.44. The van der Waals surface area contributed by atoms with Crippen molar-refractivity contribution >= 4 is 11.7 Å². The number of nitrogens with zero attached hydrogens (tertiary/aromatic N) is 2. The molecule has 1 unspecified atom stereocenters. The normalized spacial score (nSPS) is 13.1. The van der Waals surface area contributed by atoms with Crippen LogP contribution in [0.4, 0.5) is 0 Å². The standard InChI is InChI=1S/C7H8N4S/c8-7(5-2-1-3-9-5)6-4-10-12-11-6/h1-4,7,9H,8H2. The fourth-order valence-corrected chi connectivity index (χ4v) is 1.46. The van der Waals surface area contributed by atoms with Gasteiger partial charge in [0.25, 0.3) is 0 Å². The molecule has 0 aliphatic carbocycles. The Kier molecular flexibility index (Phi) is 1.89. The van der Waals surface area contributed by atoms with Gasteiger partial charge in [0.15, 0.2) is 0 Å². The third-order valence-electron chi connectivity index (χ3n) is 1.65. The summed E-state index contributed by atoms with van der Waals surface area (Å²) in [6.45, 7) is 0. The zero-order valence-electron chi connectivity index (χ0n) is 6.27. The lowest BCUT2D eigenvalue weighted by molar-refractivity contribution is 0.815. The van der Waals surface area contributed by atoms with Crippen molar-refractivity contribution in [1.29, 1.82) is 0 Å². The van der Waals surface area contributed by atoms with E-state index in [0.29, 0.717) is 0 Å². The van der Waals surface area contributed by atoms with Crippen LogP contribution in [0.5, 0.6) is 0 Å². The molecule has 0 aromatic carbocycles. The van der Waals surface area contributed by atoms with Crippen LogP contribution in [0.15, 0.2) is 24.5 Å². The molecular weight excluding hydrogens is 172 g/mol. The summed E-state index contributed by atoms with van der Waals surface area (Å²) in [5, 5.41) is 0. The van der Waals surface area contributed by atoms with Gasteiger partial charge in [-0.2, -0.15) is 8.75 Å². The summed E-state index contributed by atoms with van der Waals surface area (Å²) < 4.78 is 7.95. The third kappa shape index (κ3) is 1.24. The first-order valence-corrected chi connectivity index (χ1v) is 4.27. The van der Waals surface area contributed by atoms with E-state index in [2.05, 4.69) is 13.7 Å². The van der Waals surface area contributed by atoms with Gasteiger partial charge < -0.3 is 10.7 Å². The molecule has 0 spiro atoms. The van der Waals surface area contributed by atoms with E-state index >= 15 is 0 Å². The van der Waals surface area contributed by atoms with Crippen molar-refractivity contribution in [2.75, 3.05) is 0 Å². The molecule has 0 saturated heterocycles. The number of nitrogens with two attached hydrogens (primary N) is 1. The van der Waals surface area contributed by atoms with Crippen LogP contribution in [-0.4, -0.2) is 13.7 Å². The molecule has 1 atom stereocenters. The number of aromatic nitrogens is 3. The first-order valence-electron chi connectivity index (χ1n) is 3.54. The fourth-order valence-electron chi connectivity index (χ4n) is 1.01. The zero-order chi connectivity index (χ0) is 8.39. The van der Waals surface area contributed by atoms with Crippen LogP contribution in [-0.2, 0) is 0 Å². The number of hydrogen-bond acceptors (Lipinski definition) is 4. The Morgan fingerprint density at radius 2 is 2.50 bits per heavy atom. The molecular formula is C7H8N4S. The summed E-state index contributed by atoms with van der Waals surface area (Å²) in [5.74, 6) is 0. The van der Waals surface area contributed by atoms with Gasteiger partial charge in [-0.05, 0) is 12.1 Å². The van der Waals surface area contributed by atoms with E-state index in [4.69, 9.17) is 5.73 Å². The third-order valence-corrected chi connectivity index (χ3v) is 2.15. The van der Waals surface area contributed by atoms with Gasteiger partial charge in [0.2, 0.25) is 0 Å². The summed E-state index contributed by atoms with van der Waals surface area (Å²) in [6, 6.07) is 3.66. The van der Waals surface area contributed by atoms with E-state index in [1.807, 2.05) is 18.3 Å². The summed E-state index contributed by atoms with van der Waals surface area (Å²) >= 11 is 1.17. The van der Waals surface area contributed by atoms with Gasteiger partial charge in [-0.15, -0.1) is 0 Å². The lowest BCUT2D eigenvalue weighted by Crippen LogP contribution is -2.12. The van der Waals surface area contributed by atoms with E-state index in [0.717, 1.165) is 11.4 Å². The number of nitrogens with one attached hydrogen (secondary N) is 1. The van der Waals surface area contributed by atoms with Gasteiger partial charge >= 0.3 is 0 Å². The molecule has 2 aromatic heterocycles. The zero-order valence-corrected chi connectivity index (χ0v) is 7.08. The Labute approximate surface area is 73.8 Å². The lowest BCUT2D eigenvalue weighted by Gasteiger charge is -2.04. The second-order valence-corrected chi connectivity index (χ2v) is 2.99. The molecule has 2 aromatic rings. The van der Waals surface area contributed by atoms with Gasteiger partial charge in [-0.25, -0.2) is 0 Å². The smallest absolute Gasteiger partial charge is 0.0970 e. The molecule has 0 bridgehead atoms. The number of rotatable bonds is 2. The van der Waals surface area contributed by atoms with Gasteiger partial charge in [-0.1, -0.05) is 0 Å². The van der Waals surface area contributed by atoms with Gasteiger partial charge in [0.05, 0.1) is 29.7 Å². The van der Waals surface area contributed by atoms with Crippen molar-refractivity contribution in [3.8, 4) is 0 Å². The number of aromatic amines is 1. The maximum Gasteiger partial charge on any atom is 0.0970 e. The summed E-state index contributed by atoms with van der Waals surface area (Å²) in [7, 11) is 0. The highest BCUT2D eigenvalue weighted by molar-refractivity contribution is 6.99.